The normalized spacial score (nSPS) is 12.3. The van der Waals surface area contributed by atoms with E-state index in [1.807, 2.05) is 24.4 Å². The van der Waals surface area contributed by atoms with Crippen LogP contribution in [0.1, 0.15) is 13.3 Å². The Labute approximate surface area is 113 Å². The van der Waals surface area contributed by atoms with Crippen LogP contribution < -0.4 is 0 Å². The highest BCUT2D eigenvalue weighted by atomic mass is 32.2. The standard InChI is InChI=1S/C11H13N3O2S2/c1-3-7(10(15)16-2)18-11-12-9(13-14-11)8-5-4-6-17-8/h4-7H,3H2,1-2H3,(H,12,13,14). The van der Waals surface area contributed by atoms with Gasteiger partial charge in [0.05, 0.1) is 12.0 Å². The third-order valence-corrected chi connectivity index (χ3v) is 4.38. The summed E-state index contributed by atoms with van der Waals surface area (Å²) in [6, 6.07) is 3.93. The molecule has 0 saturated carbocycles. The van der Waals surface area contributed by atoms with Crippen LogP contribution in [0.5, 0.6) is 0 Å². The summed E-state index contributed by atoms with van der Waals surface area (Å²) in [7, 11) is 1.39. The van der Waals surface area contributed by atoms with Crippen molar-refractivity contribution in [2.45, 2.75) is 23.8 Å². The maximum Gasteiger partial charge on any atom is 0.319 e. The van der Waals surface area contributed by atoms with E-state index in [4.69, 9.17) is 4.74 Å². The van der Waals surface area contributed by atoms with Gasteiger partial charge in [-0.05, 0) is 17.9 Å². The number of H-pyrrole nitrogens is 1. The molecule has 0 aromatic carbocycles. The number of thiophene rings is 1. The Morgan fingerprint density at radius 3 is 3.11 bits per heavy atom. The predicted octanol–water partition coefficient (Wildman–Crippen LogP) is 2.58. The molecular formula is C11H13N3O2S2. The third-order valence-electron chi connectivity index (χ3n) is 2.30. The fourth-order valence-corrected chi connectivity index (χ4v) is 2.90. The number of thioether (sulfide) groups is 1. The Morgan fingerprint density at radius 1 is 1.67 bits per heavy atom. The smallest absolute Gasteiger partial charge is 0.319 e. The van der Waals surface area contributed by atoms with Crippen LogP contribution in [-0.4, -0.2) is 33.5 Å². The van der Waals surface area contributed by atoms with Crippen LogP contribution in [0.4, 0.5) is 0 Å². The number of ether oxygens (including phenoxy) is 1. The van der Waals surface area contributed by atoms with Crippen LogP contribution in [0.15, 0.2) is 22.7 Å². The van der Waals surface area contributed by atoms with Crippen LogP contribution in [0.3, 0.4) is 0 Å². The summed E-state index contributed by atoms with van der Waals surface area (Å²) in [6.45, 7) is 1.93. The van der Waals surface area contributed by atoms with E-state index in [-0.39, 0.29) is 11.2 Å². The average Bonchev–Trinajstić information content (AvgIpc) is 3.05. The Morgan fingerprint density at radius 2 is 2.50 bits per heavy atom. The van der Waals surface area contributed by atoms with E-state index in [9.17, 15) is 4.79 Å². The highest BCUT2D eigenvalue weighted by molar-refractivity contribution is 8.00. The van der Waals surface area contributed by atoms with Gasteiger partial charge >= 0.3 is 5.97 Å². The molecule has 96 valence electrons. The van der Waals surface area contributed by atoms with E-state index in [2.05, 4.69) is 15.2 Å². The summed E-state index contributed by atoms with van der Waals surface area (Å²) in [5.41, 5.74) is 0. The number of rotatable bonds is 5. The van der Waals surface area contributed by atoms with Gasteiger partial charge in [-0.3, -0.25) is 9.89 Å². The van der Waals surface area contributed by atoms with Gasteiger partial charge in [0.2, 0.25) is 5.16 Å². The van der Waals surface area contributed by atoms with Gasteiger partial charge in [0.15, 0.2) is 5.82 Å². The minimum Gasteiger partial charge on any atom is -0.468 e. The molecule has 0 aliphatic rings. The summed E-state index contributed by atoms with van der Waals surface area (Å²) < 4.78 is 4.73. The maximum absolute atomic E-state index is 11.5. The van der Waals surface area contributed by atoms with E-state index in [1.54, 1.807) is 11.3 Å². The highest BCUT2D eigenvalue weighted by Gasteiger charge is 2.20. The molecule has 7 heteroatoms. The molecule has 0 saturated heterocycles. The zero-order valence-electron chi connectivity index (χ0n) is 10.0. The highest BCUT2D eigenvalue weighted by Crippen LogP contribution is 2.26. The van der Waals surface area contributed by atoms with Gasteiger partial charge in [-0.2, -0.15) is 0 Å². The van der Waals surface area contributed by atoms with Crippen LogP contribution in [0, 0.1) is 0 Å². The molecule has 0 bridgehead atoms. The minimum absolute atomic E-state index is 0.245. The molecule has 2 aromatic heterocycles. The Balaban J connectivity index is 2.08. The number of methoxy groups -OCH3 is 1. The second-order valence-electron chi connectivity index (χ2n) is 3.48. The largest absolute Gasteiger partial charge is 0.468 e. The number of hydrogen-bond acceptors (Lipinski definition) is 6. The summed E-state index contributed by atoms with van der Waals surface area (Å²) in [5.74, 6) is 0.484. The van der Waals surface area contributed by atoms with Crippen LogP contribution >= 0.6 is 23.1 Å². The van der Waals surface area contributed by atoms with Crippen molar-refractivity contribution in [3.8, 4) is 10.7 Å². The van der Waals surface area contributed by atoms with E-state index in [0.29, 0.717) is 11.6 Å². The summed E-state index contributed by atoms with van der Waals surface area (Å²) in [5, 5.41) is 9.26. The zero-order chi connectivity index (χ0) is 13.0. The van der Waals surface area contributed by atoms with Crippen molar-refractivity contribution in [2.75, 3.05) is 7.11 Å². The number of carbonyl (C=O) groups is 1. The van der Waals surface area contributed by atoms with E-state index >= 15 is 0 Å². The Hall–Kier alpha value is -1.34. The molecule has 5 nitrogen and oxygen atoms in total. The molecule has 1 N–H and O–H groups in total. The molecule has 2 rings (SSSR count). The first-order chi connectivity index (χ1) is 8.74. The fourth-order valence-electron chi connectivity index (χ4n) is 1.38. The second kappa shape index (κ2) is 6.01. The van der Waals surface area contributed by atoms with Crippen molar-refractivity contribution < 1.29 is 9.53 Å². The minimum atomic E-state index is -0.262. The molecule has 1 unspecified atom stereocenters. The van der Waals surface area contributed by atoms with Gasteiger partial charge in [-0.25, -0.2) is 4.98 Å². The quantitative estimate of drug-likeness (QED) is 0.674. The molecule has 0 radical (unpaired) electrons. The number of nitrogens with one attached hydrogen (secondary N) is 1. The van der Waals surface area contributed by atoms with Crippen LogP contribution in [0.2, 0.25) is 0 Å². The fraction of sp³-hybridized carbons (Fsp3) is 0.364. The first-order valence-corrected chi connectivity index (χ1v) is 7.21. The van der Waals surface area contributed by atoms with Crippen molar-refractivity contribution in [1.29, 1.82) is 0 Å². The Bertz CT molecular complexity index is 510. The SMILES string of the molecule is CCC(Sc1n[nH]c(-c2cccs2)n1)C(=O)OC. The molecule has 0 fully saturated rings. The average molecular weight is 283 g/mol. The van der Waals surface area contributed by atoms with Crippen LogP contribution in [0.25, 0.3) is 10.7 Å². The lowest BCUT2D eigenvalue weighted by Crippen LogP contribution is -2.17. The number of hydrogen-bond donors (Lipinski definition) is 1. The van der Waals surface area contributed by atoms with Gasteiger partial charge in [-0.1, -0.05) is 24.8 Å². The lowest BCUT2D eigenvalue weighted by Gasteiger charge is -2.08. The summed E-state index contributed by atoms with van der Waals surface area (Å²) in [4.78, 5) is 16.9. The second-order valence-corrected chi connectivity index (χ2v) is 5.60. The lowest BCUT2D eigenvalue weighted by atomic mass is 10.3. The zero-order valence-corrected chi connectivity index (χ0v) is 11.7. The molecule has 0 amide bonds. The van der Waals surface area contributed by atoms with Gasteiger partial charge in [0, 0.05) is 0 Å². The molecule has 18 heavy (non-hydrogen) atoms. The maximum atomic E-state index is 11.5. The molecule has 2 heterocycles. The number of carbonyl (C=O) groups excluding carboxylic acids is 1. The molecule has 0 spiro atoms. The predicted molar refractivity (Wildman–Crippen MR) is 71.6 cm³/mol. The number of aromatic amines is 1. The van der Waals surface area contributed by atoms with E-state index in [0.717, 1.165) is 10.7 Å². The van der Waals surface area contributed by atoms with Crippen molar-refractivity contribution in [1.82, 2.24) is 15.2 Å². The van der Waals surface area contributed by atoms with Crippen molar-refractivity contribution in [2.24, 2.45) is 0 Å². The van der Waals surface area contributed by atoms with Crippen molar-refractivity contribution in [3.05, 3.63) is 17.5 Å². The van der Waals surface area contributed by atoms with Crippen molar-refractivity contribution in [3.63, 3.8) is 0 Å². The summed E-state index contributed by atoms with van der Waals surface area (Å²) >= 11 is 2.91. The van der Waals surface area contributed by atoms with Crippen molar-refractivity contribution >= 4 is 29.1 Å². The first kappa shape index (κ1) is 13.1. The molecule has 2 aromatic rings. The number of esters is 1. The summed E-state index contributed by atoms with van der Waals surface area (Å²) in [6.07, 6.45) is 0.681. The van der Waals surface area contributed by atoms with Gasteiger partial charge in [0.1, 0.15) is 5.25 Å². The molecule has 0 aliphatic heterocycles. The van der Waals surface area contributed by atoms with E-state index in [1.165, 1.54) is 18.9 Å². The van der Waals surface area contributed by atoms with Gasteiger partial charge in [0.25, 0.3) is 0 Å². The lowest BCUT2D eigenvalue weighted by molar-refractivity contribution is -0.140. The van der Waals surface area contributed by atoms with Gasteiger partial charge < -0.3 is 4.74 Å². The van der Waals surface area contributed by atoms with Crippen LogP contribution in [-0.2, 0) is 9.53 Å². The topological polar surface area (TPSA) is 67.9 Å². The van der Waals surface area contributed by atoms with Gasteiger partial charge in [-0.15, -0.1) is 16.4 Å². The molecular weight excluding hydrogens is 270 g/mol. The monoisotopic (exact) mass is 283 g/mol. The number of aromatic nitrogens is 3. The van der Waals surface area contributed by atoms with E-state index < -0.39 is 0 Å². The third kappa shape index (κ3) is 2.91. The molecule has 0 aliphatic carbocycles. The number of nitrogens with zero attached hydrogens (tertiary/aromatic N) is 2. The first-order valence-electron chi connectivity index (χ1n) is 5.45. The molecule has 1 atom stereocenters. The Kier molecular flexibility index (Phi) is 4.38.